The van der Waals surface area contributed by atoms with E-state index in [1.807, 2.05) is 0 Å². The van der Waals surface area contributed by atoms with Crippen LogP contribution in [-0.4, -0.2) is 11.9 Å². The van der Waals surface area contributed by atoms with Crippen LogP contribution in [0.25, 0.3) is 0 Å². The second-order valence-corrected chi connectivity index (χ2v) is 2.48. The number of hydrogen-bond acceptors (Lipinski definition) is 4. The van der Waals surface area contributed by atoms with E-state index in [-0.39, 0.29) is 11.1 Å². The molecule has 72 valence electrons. The van der Waals surface area contributed by atoms with Crippen molar-refractivity contribution in [2.75, 3.05) is 0 Å². The van der Waals surface area contributed by atoms with Gasteiger partial charge in [0.25, 0.3) is 0 Å². The molecule has 0 aromatic carbocycles. The molecule has 0 radical (unpaired) electrons. The normalized spacial score (nSPS) is 8.77. The molecule has 0 amide bonds. The van der Waals surface area contributed by atoms with Crippen LogP contribution in [-0.2, 0) is 19.4 Å². The van der Waals surface area contributed by atoms with E-state index in [1.165, 1.54) is 6.92 Å². The van der Waals surface area contributed by atoms with Crippen molar-refractivity contribution < 1.29 is 19.4 Å². The molecule has 0 aliphatic carbocycles. The first-order valence-corrected chi connectivity index (χ1v) is 3.75. The highest BCUT2D eigenvalue weighted by Gasteiger charge is 2.11. The van der Waals surface area contributed by atoms with Gasteiger partial charge >= 0.3 is 11.9 Å². The van der Waals surface area contributed by atoms with Crippen LogP contribution < -0.4 is 0 Å². The highest BCUT2D eigenvalue weighted by atomic mass is 17.2. The summed E-state index contributed by atoms with van der Waals surface area (Å²) in [5.74, 6) is -1.51. The molecule has 0 bridgehead atoms. The van der Waals surface area contributed by atoms with Crippen molar-refractivity contribution in [1.82, 2.24) is 0 Å². The summed E-state index contributed by atoms with van der Waals surface area (Å²) in [7, 11) is 0. The number of hydrogen-bond donors (Lipinski definition) is 0. The average molecular weight is 184 g/mol. The van der Waals surface area contributed by atoms with Crippen LogP contribution in [0.5, 0.6) is 0 Å². The lowest BCUT2D eigenvalue weighted by molar-refractivity contribution is -0.252. The van der Waals surface area contributed by atoms with Gasteiger partial charge in [-0.1, -0.05) is 20.1 Å². The maximum atomic E-state index is 10.9. The van der Waals surface area contributed by atoms with Gasteiger partial charge in [-0.3, -0.25) is 0 Å². The highest BCUT2D eigenvalue weighted by molar-refractivity contribution is 5.90. The summed E-state index contributed by atoms with van der Waals surface area (Å²) in [5, 5.41) is 0. The second kappa shape index (κ2) is 5.13. The van der Waals surface area contributed by atoms with Crippen molar-refractivity contribution in [3.8, 4) is 0 Å². The van der Waals surface area contributed by atoms with Crippen molar-refractivity contribution in [2.45, 2.75) is 20.3 Å². The first-order chi connectivity index (χ1) is 5.99. The molecule has 0 unspecified atom stereocenters. The van der Waals surface area contributed by atoms with Gasteiger partial charge < -0.3 is 0 Å². The highest BCUT2D eigenvalue weighted by Crippen LogP contribution is 2.01. The van der Waals surface area contributed by atoms with Crippen molar-refractivity contribution in [3.63, 3.8) is 0 Å². The zero-order valence-corrected chi connectivity index (χ0v) is 7.75. The molecule has 0 heterocycles. The Hall–Kier alpha value is -1.58. The zero-order valence-electron chi connectivity index (χ0n) is 7.75. The Morgan fingerprint density at radius 1 is 1.15 bits per heavy atom. The zero-order chi connectivity index (χ0) is 10.4. The number of rotatable bonds is 3. The Morgan fingerprint density at radius 2 is 1.62 bits per heavy atom. The van der Waals surface area contributed by atoms with E-state index >= 15 is 0 Å². The molecule has 0 fully saturated rings. The maximum absolute atomic E-state index is 10.9. The smallest absolute Gasteiger partial charge is 0.242 e. The minimum atomic E-state index is -0.766. The fraction of sp³-hybridized carbons (Fsp3) is 0.333. The molecular weight excluding hydrogens is 172 g/mol. The van der Waals surface area contributed by atoms with Gasteiger partial charge in [0.2, 0.25) is 0 Å². The summed E-state index contributed by atoms with van der Waals surface area (Å²) in [6.45, 7) is 9.91. The maximum Gasteiger partial charge on any atom is 0.381 e. The summed E-state index contributed by atoms with van der Waals surface area (Å²) >= 11 is 0. The van der Waals surface area contributed by atoms with Crippen LogP contribution in [0.2, 0.25) is 0 Å². The molecule has 0 aliphatic rings. The molecule has 13 heavy (non-hydrogen) atoms. The van der Waals surface area contributed by atoms with Gasteiger partial charge in [0.1, 0.15) is 0 Å². The first-order valence-electron chi connectivity index (χ1n) is 3.75. The lowest BCUT2D eigenvalue weighted by atomic mass is 10.2. The Labute approximate surface area is 76.8 Å². The second-order valence-electron chi connectivity index (χ2n) is 2.48. The topological polar surface area (TPSA) is 52.6 Å². The van der Waals surface area contributed by atoms with E-state index in [0.29, 0.717) is 6.42 Å². The molecule has 0 aliphatic heterocycles. The van der Waals surface area contributed by atoms with Crippen molar-refractivity contribution in [3.05, 3.63) is 24.3 Å². The fourth-order valence-corrected chi connectivity index (χ4v) is 0.350. The molecule has 0 atom stereocenters. The lowest BCUT2D eigenvalue weighted by Gasteiger charge is -2.02. The molecule has 4 nitrogen and oxygen atoms in total. The summed E-state index contributed by atoms with van der Waals surface area (Å²) < 4.78 is 0. The Kier molecular flexibility index (Phi) is 4.51. The molecule has 0 aromatic heterocycles. The molecule has 0 saturated carbocycles. The molecule has 0 N–H and O–H groups in total. The molecule has 0 aromatic rings. The molecule has 0 spiro atoms. The minimum Gasteiger partial charge on any atom is -0.242 e. The van der Waals surface area contributed by atoms with Gasteiger partial charge in [-0.2, -0.15) is 0 Å². The van der Waals surface area contributed by atoms with Crippen LogP contribution in [0.4, 0.5) is 0 Å². The number of carbonyl (C=O) groups is 2. The van der Waals surface area contributed by atoms with Crippen LogP contribution in [0.15, 0.2) is 24.3 Å². The largest absolute Gasteiger partial charge is 0.381 e. The van der Waals surface area contributed by atoms with Crippen LogP contribution in [0.3, 0.4) is 0 Å². The lowest BCUT2D eigenvalue weighted by Crippen LogP contribution is -2.12. The van der Waals surface area contributed by atoms with E-state index in [0.717, 1.165) is 0 Å². The summed E-state index contributed by atoms with van der Waals surface area (Å²) in [6.07, 6.45) is 0.448. The predicted molar refractivity (Wildman–Crippen MR) is 46.4 cm³/mol. The van der Waals surface area contributed by atoms with Crippen molar-refractivity contribution >= 4 is 11.9 Å². The third-order valence-corrected chi connectivity index (χ3v) is 1.26. The number of carbonyl (C=O) groups excluding carboxylic acids is 2. The Balaban J connectivity index is 3.90. The van der Waals surface area contributed by atoms with E-state index in [1.54, 1.807) is 6.92 Å². The summed E-state index contributed by atoms with van der Waals surface area (Å²) in [4.78, 5) is 29.9. The molecule has 0 saturated heterocycles. The van der Waals surface area contributed by atoms with E-state index < -0.39 is 11.9 Å². The standard InChI is InChI=1S/C9H12O4/c1-5-7(4)9(11)13-12-8(10)6(2)3/h2,4-5H2,1,3H3. The van der Waals surface area contributed by atoms with Crippen molar-refractivity contribution in [2.24, 2.45) is 0 Å². The van der Waals surface area contributed by atoms with Gasteiger partial charge in [0.15, 0.2) is 0 Å². The minimum absolute atomic E-state index is 0.162. The van der Waals surface area contributed by atoms with Crippen LogP contribution >= 0.6 is 0 Å². The van der Waals surface area contributed by atoms with E-state index in [2.05, 4.69) is 22.9 Å². The van der Waals surface area contributed by atoms with E-state index in [9.17, 15) is 9.59 Å². The summed E-state index contributed by atoms with van der Waals surface area (Å²) in [6, 6.07) is 0. The van der Waals surface area contributed by atoms with E-state index in [4.69, 9.17) is 0 Å². The van der Waals surface area contributed by atoms with Gasteiger partial charge in [-0.15, -0.1) is 0 Å². The third kappa shape index (κ3) is 4.10. The molecular formula is C9H12O4. The van der Waals surface area contributed by atoms with Gasteiger partial charge in [-0.05, 0) is 13.3 Å². The van der Waals surface area contributed by atoms with Gasteiger partial charge in [0.05, 0.1) is 0 Å². The fourth-order valence-electron chi connectivity index (χ4n) is 0.350. The van der Waals surface area contributed by atoms with Crippen molar-refractivity contribution in [1.29, 1.82) is 0 Å². The monoisotopic (exact) mass is 184 g/mol. The van der Waals surface area contributed by atoms with Crippen LogP contribution in [0.1, 0.15) is 20.3 Å². The average Bonchev–Trinajstić information content (AvgIpc) is 2.11. The Morgan fingerprint density at radius 3 is 2.00 bits per heavy atom. The van der Waals surface area contributed by atoms with Gasteiger partial charge in [-0.25, -0.2) is 19.4 Å². The summed E-state index contributed by atoms with van der Waals surface area (Å²) in [5.41, 5.74) is 0.407. The molecule has 0 rings (SSSR count). The molecule has 4 heteroatoms. The van der Waals surface area contributed by atoms with Gasteiger partial charge in [0, 0.05) is 11.1 Å². The SMILES string of the molecule is C=C(C)C(=O)OOC(=O)C(=C)CC. The van der Waals surface area contributed by atoms with Crippen LogP contribution in [0, 0.1) is 0 Å². The predicted octanol–water partition coefficient (Wildman–Crippen LogP) is 1.53. The quantitative estimate of drug-likeness (QED) is 0.379. The third-order valence-electron chi connectivity index (χ3n) is 1.26. The first kappa shape index (κ1) is 11.4. The Bertz CT molecular complexity index is 252.